The summed E-state index contributed by atoms with van der Waals surface area (Å²) in [5.41, 5.74) is 5.86. The zero-order valence-electron chi connectivity index (χ0n) is 9.89. The molecule has 0 bridgehead atoms. The molecule has 1 saturated heterocycles. The second-order valence-corrected chi connectivity index (χ2v) is 4.02. The van der Waals surface area contributed by atoms with E-state index in [1.165, 1.54) is 12.1 Å². The number of nitrogens with two attached hydrogens (primary N) is 1. The van der Waals surface area contributed by atoms with Crippen molar-refractivity contribution in [2.24, 2.45) is 0 Å². The molecule has 0 aliphatic carbocycles. The molecule has 18 heavy (non-hydrogen) atoms. The summed E-state index contributed by atoms with van der Waals surface area (Å²) in [5.74, 6) is -0.579. The monoisotopic (exact) mass is 252 g/mol. The number of anilines is 1. The highest BCUT2D eigenvalue weighted by molar-refractivity contribution is 5.98. The van der Waals surface area contributed by atoms with E-state index in [1.54, 1.807) is 6.07 Å². The summed E-state index contributed by atoms with van der Waals surface area (Å²) in [6, 6.07) is 4.66. The molecule has 1 fully saturated rings. The van der Waals surface area contributed by atoms with E-state index >= 15 is 0 Å². The van der Waals surface area contributed by atoms with E-state index in [0.29, 0.717) is 26.4 Å². The fraction of sp³-hybridized carbons (Fsp3) is 0.417. The second-order valence-electron chi connectivity index (χ2n) is 4.02. The molecule has 1 atom stereocenters. The van der Waals surface area contributed by atoms with Crippen molar-refractivity contribution in [3.8, 4) is 5.75 Å². The van der Waals surface area contributed by atoms with Crippen molar-refractivity contribution in [2.45, 2.75) is 6.10 Å². The third-order valence-electron chi connectivity index (χ3n) is 2.69. The van der Waals surface area contributed by atoms with Gasteiger partial charge < -0.3 is 25.6 Å². The number of hydrogen-bond acceptors (Lipinski definition) is 5. The fourth-order valence-corrected chi connectivity index (χ4v) is 1.70. The van der Waals surface area contributed by atoms with Crippen LogP contribution in [-0.2, 0) is 9.47 Å². The van der Waals surface area contributed by atoms with Gasteiger partial charge in [0.25, 0.3) is 5.91 Å². The molecule has 2 rings (SSSR count). The highest BCUT2D eigenvalue weighted by atomic mass is 16.6. The van der Waals surface area contributed by atoms with Crippen LogP contribution in [0.5, 0.6) is 5.75 Å². The molecule has 4 N–H and O–H groups in total. The molecule has 0 radical (unpaired) electrons. The molecule has 1 aliphatic rings. The van der Waals surface area contributed by atoms with E-state index in [0.717, 1.165) is 0 Å². The summed E-state index contributed by atoms with van der Waals surface area (Å²) in [6.07, 6.45) is -0.147. The quantitative estimate of drug-likeness (QED) is 0.524. The van der Waals surface area contributed by atoms with Crippen molar-refractivity contribution < 1.29 is 19.4 Å². The molecule has 1 aliphatic heterocycles. The number of ether oxygens (including phenoxy) is 2. The highest BCUT2D eigenvalue weighted by Crippen LogP contribution is 2.24. The number of nitrogen functional groups attached to an aromatic ring is 1. The van der Waals surface area contributed by atoms with Gasteiger partial charge in [-0.05, 0) is 12.1 Å². The molecule has 98 valence electrons. The van der Waals surface area contributed by atoms with Gasteiger partial charge >= 0.3 is 0 Å². The third-order valence-corrected chi connectivity index (χ3v) is 2.69. The number of nitrogens with one attached hydrogen (secondary N) is 1. The van der Waals surface area contributed by atoms with Crippen LogP contribution in [-0.4, -0.2) is 43.5 Å². The average Bonchev–Trinajstić information content (AvgIpc) is 2.40. The van der Waals surface area contributed by atoms with Gasteiger partial charge in [0, 0.05) is 6.54 Å². The first-order valence-electron chi connectivity index (χ1n) is 5.73. The van der Waals surface area contributed by atoms with Crippen molar-refractivity contribution in [3.63, 3.8) is 0 Å². The van der Waals surface area contributed by atoms with Crippen molar-refractivity contribution in [3.05, 3.63) is 23.8 Å². The zero-order chi connectivity index (χ0) is 13.0. The first-order valence-corrected chi connectivity index (χ1v) is 5.73. The molecule has 0 aromatic heterocycles. The van der Waals surface area contributed by atoms with Crippen LogP contribution in [0.1, 0.15) is 10.4 Å². The Balaban J connectivity index is 1.93. The Morgan fingerprint density at radius 3 is 3.06 bits per heavy atom. The Morgan fingerprint density at radius 1 is 1.50 bits per heavy atom. The van der Waals surface area contributed by atoms with Gasteiger partial charge in [0.1, 0.15) is 0 Å². The smallest absolute Gasteiger partial charge is 0.255 e. The number of benzene rings is 1. The SMILES string of the molecule is Nc1cccc(C(=O)NCC2COCCO2)c1O. The lowest BCUT2D eigenvalue weighted by molar-refractivity contribution is -0.0855. The average molecular weight is 252 g/mol. The Bertz CT molecular complexity index is 430. The Hall–Kier alpha value is -1.79. The topological polar surface area (TPSA) is 93.8 Å². The third kappa shape index (κ3) is 2.91. The standard InChI is InChI=1S/C12H16N2O4/c13-10-3-1-2-9(11(10)15)12(16)14-6-8-7-17-4-5-18-8/h1-3,8,15H,4-7,13H2,(H,14,16). The molecule has 6 nitrogen and oxygen atoms in total. The number of hydrogen-bond donors (Lipinski definition) is 3. The first-order chi connectivity index (χ1) is 8.68. The van der Waals surface area contributed by atoms with Gasteiger partial charge in [-0.15, -0.1) is 0 Å². The van der Waals surface area contributed by atoms with E-state index in [9.17, 15) is 9.90 Å². The predicted octanol–water partition coefficient (Wildman–Crippen LogP) is 0.120. The van der Waals surface area contributed by atoms with Gasteiger partial charge in [-0.1, -0.05) is 6.07 Å². The Kier molecular flexibility index (Phi) is 4.01. The lowest BCUT2D eigenvalue weighted by Crippen LogP contribution is -2.39. The second kappa shape index (κ2) is 5.70. The van der Waals surface area contributed by atoms with Crippen LogP contribution in [0.25, 0.3) is 0 Å². The van der Waals surface area contributed by atoms with Gasteiger partial charge in [-0.25, -0.2) is 0 Å². The lowest BCUT2D eigenvalue weighted by Gasteiger charge is -2.23. The molecule has 1 heterocycles. The minimum absolute atomic E-state index is 0.147. The minimum atomic E-state index is -0.381. The predicted molar refractivity (Wildman–Crippen MR) is 65.4 cm³/mol. The number of phenolic OH excluding ortho intramolecular Hbond substituents is 1. The van der Waals surface area contributed by atoms with Crippen molar-refractivity contribution >= 4 is 11.6 Å². The van der Waals surface area contributed by atoms with Crippen molar-refractivity contribution in [2.75, 3.05) is 32.1 Å². The van der Waals surface area contributed by atoms with Crippen molar-refractivity contribution in [1.29, 1.82) is 0 Å². The number of aromatic hydroxyl groups is 1. The first kappa shape index (κ1) is 12.7. The molecule has 1 amide bonds. The van der Waals surface area contributed by atoms with E-state index in [1.807, 2.05) is 0 Å². The minimum Gasteiger partial charge on any atom is -0.505 e. The normalized spacial score (nSPS) is 19.4. The summed E-state index contributed by atoms with van der Waals surface area (Å²) >= 11 is 0. The van der Waals surface area contributed by atoms with E-state index in [-0.39, 0.29) is 29.0 Å². The fourth-order valence-electron chi connectivity index (χ4n) is 1.70. The maximum atomic E-state index is 11.8. The van der Waals surface area contributed by atoms with Crippen LogP contribution in [0.2, 0.25) is 0 Å². The lowest BCUT2D eigenvalue weighted by atomic mass is 10.1. The van der Waals surface area contributed by atoms with Crippen molar-refractivity contribution in [1.82, 2.24) is 5.32 Å². The largest absolute Gasteiger partial charge is 0.505 e. The number of rotatable bonds is 3. The van der Waals surface area contributed by atoms with Gasteiger partial charge in [0.2, 0.25) is 0 Å². The number of phenols is 1. The van der Waals surface area contributed by atoms with Crippen LogP contribution in [0, 0.1) is 0 Å². The number of amides is 1. The number of carbonyl (C=O) groups excluding carboxylic acids is 1. The summed E-state index contributed by atoms with van der Waals surface area (Å²) < 4.78 is 10.6. The molecular weight excluding hydrogens is 236 g/mol. The van der Waals surface area contributed by atoms with E-state index < -0.39 is 0 Å². The van der Waals surface area contributed by atoms with Crippen LogP contribution in [0.15, 0.2) is 18.2 Å². The number of para-hydroxylation sites is 1. The van der Waals surface area contributed by atoms with Gasteiger partial charge in [0.05, 0.1) is 37.2 Å². The van der Waals surface area contributed by atoms with Crippen LogP contribution >= 0.6 is 0 Å². The zero-order valence-corrected chi connectivity index (χ0v) is 9.89. The molecule has 1 unspecified atom stereocenters. The maximum absolute atomic E-state index is 11.8. The summed E-state index contributed by atoms with van der Waals surface area (Å²) in [5, 5.41) is 12.3. The summed E-state index contributed by atoms with van der Waals surface area (Å²) in [7, 11) is 0. The van der Waals surface area contributed by atoms with E-state index in [4.69, 9.17) is 15.2 Å². The van der Waals surface area contributed by atoms with E-state index in [2.05, 4.69) is 5.32 Å². The molecule has 0 saturated carbocycles. The molecule has 1 aromatic carbocycles. The number of carbonyl (C=O) groups is 1. The van der Waals surface area contributed by atoms with Gasteiger partial charge in [-0.3, -0.25) is 4.79 Å². The maximum Gasteiger partial charge on any atom is 0.255 e. The van der Waals surface area contributed by atoms with Crippen LogP contribution in [0.3, 0.4) is 0 Å². The van der Waals surface area contributed by atoms with Crippen LogP contribution in [0.4, 0.5) is 5.69 Å². The Morgan fingerprint density at radius 2 is 2.33 bits per heavy atom. The molecule has 1 aromatic rings. The molecule has 6 heteroatoms. The summed E-state index contributed by atoms with van der Waals surface area (Å²) in [4.78, 5) is 11.8. The van der Waals surface area contributed by atoms with Gasteiger partial charge in [0.15, 0.2) is 5.75 Å². The highest BCUT2D eigenvalue weighted by Gasteiger charge is 2.17. The Labute approximate surface area is 105 Å². The van der Waals surface area contributed by atoms with Gasteiger partial charge in [-0.2, -0.15) is 0 Å². The molecular formula is C12H16N2O4. The van der Waals surface area contributed by atoms with Crippen LogP contribution < -0.4 is 11.1 Å². The molecule has 0 spiro atoms. The summed E-state index contributed by atoms with van der Waals surface area (Å²) in [6.45, 7) is 1.92.